The molecule has 2 saturated carbocycles. The lowest BCUT2D eigenvalue weighted by Gasteiger charge is -2.53. The number of nitrogens with one attached hydrogen (secondary N) is 2. The van der Waals surface area contributed by atoms with Crippen molar-refractivity contribution >= 4 is 11.8 Å². The molecule has 38 heavy (non-hydrogen) atoms. The van der Waals surface area contributed by atoms with Crippen molar-refractivity contribution < 1.29 is 9.59 Å². The van der Waals surface area contributed by atoms with Gasteiger partial charge in [0.1, 0.15) is 11.6 Å². The minimum Gasteiger partial charge on any atom is -0.342 e. The quantitative estimate of drug-likeness (QED) is 0.464. The third-order valence-electron chi connectivity index (χ3n) is 10.4. The SMILES string of the molecule is CCCCN1C(=O)[C@H](CC2CCCCC2)NC(=O)C12CCN(C(c1c(C)n[nH]c1C)C1CCCCC1)CC2. The summed E-state index contributed by atoms with van der Waals surface area (Å²) in [6.07, 6.45) is 17.0. The van der Waals surface area contributed by atoms with E-state index in [0.717, 1.165) is 50.9 Å². The summed E-state index contributed by atoms with van der Waals surface area (Å²) in [6.45, 7) is 8.86. The molecule has 2 aliphatic heterocycles. The van der Waals surface area contributed by atoms with Crippen molar-refractivity contribution in [1.29, 1.82) is 0 Å². The van der Waals surface area contributed by atoms with Gasteiger partial charge in [-0.2, -0.15) is 5.10 Å². The van der Waals surface area contributed by atoms with Crippen molar-refractivity contribution in [3.05, 3.63) is 17.0 Å². The molecule has 5 rings (SSSR count). The van der Waals surface area contributed by atoms with Crippen LogP contribution in [-0.2, 0) is 9.59 Å². The zero-order valence-corrected chi connectivity index (χ0v) is 24.2. The Morgan fingerprint density at radius 3 is 2.24 bits per heavy atom. The lowest BCUT2D eigenvalue weighted by atomic mass is 9.76. The van der Waals surface area contributed by atoms with Crippen molar-refractivity contribution in [2.45, 2.75) is 135 Å². The molecule has 7 nitrogen and oxygen atoms in total. The van der Waals surface area contributed by atoms with Crippen LogP contribution in [-0.4, -0.2) is 63.0 Å². The summed E-state index contributed by atoms with van der Waals surface area (Å²) in [5, 5.41) is 11.1. The van der Waals surface area contributed by atoms with Gasteiger partial charge in [-0.05, 0) is 64.2 Å². The number of hydrogen-bond donors (Lipinski definition) is 2. The number of nitrogens with zero attached hydrogens (tertiary/aromatic N) is 3. The lowest BCUT2D eigenvalue weighted by Crippen LogP contribution is -2.73. The molecular formula is C31H51N5O2. The van der Waals surface area contributed by atoms with Gasteiger partial charge in [0, 0.05) is 36.9 Å². The fourth-order valence-electron chi connectivity index (χ4n) is 8.26. The second kappa shape index (κ2) is 12.1. The fraction of sp³-hybridized carbons (Fsp3) is 0.839. The number of carbonyl (C=O) groups is 2. The Hall–Kier alpha value is -1.89. The highest BCUT2D eigenvalue weighted by Gasteiger charge is 2.54. The van der Waals surface area contributed by atoms with E-state index < -0.39 is 5.54 Å². The van der Waals surface area contributed by atoms with Gasteiger partial charge in [0.25, 0.3) is 0 Å². The number of rotatable bonds is 8. The summed E-state index contributed by atoms with van der Waals surface area (Å²) in [4.78, 5) is 32.5. The number of amides is 2. The monoisotopic (exact) mass is 525 g/mol. The molecule has 2 amide bonds. The normalized spacial score (nSPS) is 26.6. The molecular weight excluding hydrogens is 474 g/mol. The van der Waals surface area contributed by atoms with Gasteiger partial charge in [-0.25, -0.2) is 0 Å². The maximum Gasteiger partial charge on any atom is 0.246 e. The van der Waals surface area contributed by atoms with Crippen LogP contribution >= 0.6 is 0 Å². The standard InChI is InChI=1S/C31H51N5O2/c1-4-5-18-36-29(37)26(21-24-12-8-6-9-13-24)32-30(38)31(36)16-19-35(20-17-31)28(25-14-10-7-11-15-25)27-22(2)33-34-23(27)3/h24-26,28H,4-21H2,1-3H3,(H,32,38)(H,33,34)/t26-,28?/m0/s1. The summed E-state index contributed by atoms with van der Waals surface area (Å²) < 4.78 is 0. The molecule has 2 aliphatic carbocycles. The number of aryl methyl sites for hydroxylation is 2. The molecule has 2 N–H and O–H groups in total. The molecule has 3 heterocycles. The van der Waals surface area contributed by atoms with E-state index in [-0.39, 0.29) is 17.9 Å². The molecule has 4 aliphatic rings. The van der Waals surface area contributed by atoms with Crippen LogP contribution in [0.15, 0.2) is 0 Å². The summed E-state index contributed by atoms with van der Waals surface area (Å²) in [5.41, 5.74) is 2.97. The van der Waals surface area contributed by atoms with Gasteiger partial charge in [-0.3, -0.25) is 19.6 Å². The summed E-state index contributed by atoms with van der Waals surface area (Å²) >= 11 is 0. The Kier molecular flexibility index (Phi) is 8.81. The maximum atomic E-state index is 13.9. The largest absolute Gasteiger partial charge is 0.342 e. The Balaban J connectivity index is 1.35. The topological polar surface area (TPSA) is 81.3 Å². The van der Waals surface area contributed by atoms with Crippen LogP contribution in [0.5, 0.6) is 0 Å². The van der Waals surface area contributed by atoms with Crippen LogP contribution in [0, 0.1) is 25.7 Å². The van der Waals surface area contributed by atoms with E-state index in [0.29, 0.717) is 24.4 Å². The van der Waals surface area contributed by atoms with Crippen molar-refractivity contribution in [3.8, 4) is 0 Å². The molecule has 2 atom stereocenters. The van der Waals surface area contributed by atoms with Crippen LogP contribution in [0.3, 0.4) is 0 Å². The first-order valence-corrected chi connectivity index (χ1v) is 15.8. The number of carbonyl (C=O) groups excluding carboxylic acids is 2. The van der Waals surface area contributed by atoms with Crippen molar-refractivity contribution in [2.75, 3.05) is 19.6 Å². The summed E-state index contributed by atoms with van der Waals surface area (Å²) in [5.74, 6) is 1.49. The fourth-order valence-corrected chi connectivity index (χ4v) is 8.26. The van der Waals surface area contributed by atoms with Crippen molar-refractivity contribution in [1.82, 2.24) is 25.3 Å². The van der Waals surface area contributed by atoms with Crippen LogP contribution in [0.1, 0.15) is 126 Å². The van der Waals surface area contributed by atoms with Gasteiger partial charge in [-0.1, -0.05) is 64.7 Å². The van der Waals surface area contributed by atoms with Gasteiger partial charge >= 0.3 is 0 Å². The number of likely N-dealkylation sites (tertiary alicyclic amines) is 1. The predicted molar refractivity (Wildman–Crippen MR) is 151 cm³/mol. The zero-order valence-electron chi connectivity index (χ0n) is 24.2. The molecule has 1 unspecified atom stereocenters. The average molecular weight is 526 g/mol. The third-order valence-corrected chi connectivity index (χ3v) is 10.4. The number of unbranched alkanes of at least 4 members (excludes halogenated alkanes) is 1. The number of H-pyrrole nitrogens is 1. The van der Waals surface area contributed by atoms with E-state index in [1.54, 1.807) is 0 Å². The van der Waals surface area contributed by atoms with E-state index in [4.69, 9.17) is 0 Å². The van der Waals surface area contributed by atoms with Gasteiger partial charge in [0.15, 0.2) is 0 Å². The molecule has 1 aromatic heterocycles. The summed E-state index contributed by atoms with van der Waals surface area (Å²) in [7, 11) is 0. The van der Waals surface area contributed by atoms with Gasteiger partial charge in [-0.15, -0.1) is 0 Å². The van der Waals surface area contributed by atoms with Crippen molar-refractivity contribution in [3.63, 3.8) is 0 Å². The smallest absolute Gasteiger partial charge is 0.246 e. The molecule has 4 fully saturated rings. The van der Waals surface area contributed by atoms with E-state index in [1.807, 2.05) is 4.90 Å². The van der Waals surface area contributed by atoms with E-state index >= 15 is 0 Å². The van der Waals surface area contributed by atoms with E-state index in [1.165, 1.54) is 75.5 Å². The van der Waals surface area contributed by atoms with Crippen LogP contribution < -0.4 is 5.32 Å². The molecule has 1 spiro atoms. The maximum absolute atomic E-state index is 13.9. The second-order valence-electron chi connectivity index (χ2n) is 12.9. The Bertz CT molecular complexity index is 934. The number of aromatic nitrogens is 2. The molecule has 212 valence electrons. The van der Waals surface area contributed by atoms with E-state index in [2.05, 4.69) is 41.2 Å². The van der Waals surface area contributed by atoms with Crippen LogP contribution in [0.25, 0.3) is 0 Å². The highest BCUT2D eigenvalue weighted by atomic mass is 16.2. The first-order chi connectivity index (χ1) is 18.4. The number of aromatic amines is 1. The zero-order chi connectivity index (χ0) is 26.7. The van der Waals surface area contributed by atoms with Gasteiger partial charge in [0.2, 0.25) is 11.8 Å². The van der Waals surface area contributed by atoms with Gasteiger partial charge in [0.05, 0.1) is 5.69 Å². The molecule has 1 aromatic rings. The minimum absolute atomic E-state index is 0.110. The first-order valence-electron chi connectivity index (χ1n) is 15.8. The Labute approximate surface area is 229 Å². The van der Waals surface area contributed by atoms with E-state index in [9.17, 15) is 9.59 Å². The molecule has 0 aromatic carbocycles. The highest BCUT2D eigenvalue weighted by Crippen LogP contribution is 2.44. The highest BCUT2D eigenvalue weighted by molar-refractivity contribution is 6.00. The van der Waals surface area contributed by atoms with Crippen LogP contribution in [0.2, 0.25) is 0 Å². The number of hydrogen-bond acceptors (Lipinski definition) is 4. The number of piperazine rings is 1. The summed E-state index contributed by atoms with van der Waals surface area (Å²) in [6, 6.07) is 0.00854. The second-order valence-corrected chi connectivity index (χ2v) is 12.9. The predicted octanol–water partition coefficient (Wildman–Crippen LogP) is 5.58. The lowest BCUT2D eigenvalue weighted by molar-refractivity contribution is -0.162. The first kappa shape index (κ1) is 27.7. The van der Waals surface area contributed by atoms with Gasteiger partial charge < -0.3 is 10.2 Å². The average Bonchev–Trinajstić information content (AvgIpc) is 3.27. The van der Waals surface area contributed by atoms with Crippen molar-refractivity contribution in [2.24, 2.45) is 11.8 Å². The Morgan fingerprint density at radius 1 is 0.974 bits per heavy atom. The molecule has 0 radical (unpaired) electrons. The molecule has 0 bridgehead atoms. The third kappa shape index (κ3) is 5.41. The Morgan fingerprint density at radius 2 is 1.63 bits per heavy atom. The minimum atomic E-state index is -0.691. The molecule has 2 saturated heterocycles. The molecule has 7 heteroatoms. The number of piperidine rings is 1. The van der Waals surface area contributed by atoms with Crippen LogP contribution in [0.4, 0.5) is 0 Å².